The first-order valence-electron chi connectivity index (χ1n) is 22.3. The van der Waals surface area contributed by atoms with E-state index in [-0.39, 0.29) is 49.3 Å². The van der Waals surface area contributed by atoms with Gasteiger partial charge in [0.1, 0.15) is 36.5 Å². The second-order valence-electron chi connectivity index (χ2n) is 18.7. The third kappa shape index (κ3) is 10.6. The number of hydrogen-bond acceptors (Lipinski definition) is 12. The minimum absolute atomic E-state index is 0.0199. The summed E-state index contributed by atoms with van der Waals surface area (Å²) in [7, 11) is 0. The van der Waals surface area contributed by atoms with Crippen LogP contribution >= 0.6 is 24.4 Å². The number of carbonyl (C=O) groups is 4. The Hall–Kier alpha value is -5.48. The number of aliphatic hydroxyl groups is 2. The van der Waals surface area contributed by atoms with Crippen molar-refractivity contribution in [3.05, 3.63) is 70.4 Å². The molecule has 2 aromatic carbocycles. The zero-order chi connectivity index (χ0) is 49.2. The normalized spacial score (nSPS) is 22.1. The molecular weight excluding hydrogens is 901 g/mol. The summed E-state index contributed by atoms with van der Waals surface area (Å²) in [5, 5.41) is 19.1. The van der Waals surface area contributed by atoms with Gasteiger partial charge in [-0.25, -0.2) is 19.3 Å². The van der Waals surface area contributed by atoms with Crippen LogP contribution in [0, 0.1) is 27.0 Å². The van der Waals surface area contributed by atoms with Gasteiger partial charge < -0.3 is 48.8 Å². The number of hydrogen-bond donors (Lipinski definition) is 2. The number of carbonyl (C=O) groups excluding carboxylic acids is 4. The van der Waals surface area contributed by atoms with Crippen LogP contribution in [0.1, 0.15) is 78.4 Å². The number of aryl methyl sites for hydroxylation is 2. The van der Waals surface area contributed by atoms with Gasteiger partial charge in [0.15, 0.2) is 27.4 Å². The Morgan fingerprint density at radius 3 is 1.54 bits per heavy atom. The fraction of sp³-hybridized carbons (Fsp3) is 0.574. The smallest absolute Gasteiger partial charge is 0.409 e. The molecule has 2 atom stereocenters. The Morgan fingerprint density at radius 1 is 0.761 bits per heavy atom. The number of ether oxygens (including phenoxy) is 4. The van der Waals surface area contributed by atoms with Crippen molar-refractivity contribution in [2.24, 2.45) is 0 Å². The standard InChI is InChI=1S/C25H32N4O5S.C22H28N4O5S/c1-16-13-18(7-8-20(16)26-6)28-21(30)24(2,3)29(22(28)35)17-9-11-27(12-10-17)23(31)32-14-19-15-33-25(4,5)34-19;1-14-11-16(5-6-18(14)23-4)25-19(29)22(2,3)26(20(25)32)15-7-9-24(10-8-15)21(30)31-13-17(28)12-27/h7-8,13,17,19H,9-12,14-15H2,1-5H3;5-6,11,15,17,27-28H,7-10,12-13H2,1-3H3. The Morgan fingerprint density at radius 2 is 1.18 bits per heavy atom. The lowest BCUT2D eigenvalue weighted by Gasteiger charge is -2.41. The number of piperidine rings is 2. The number of aliphatic hydroxyl groups excluding tert-OH is 2. The van der Waals surface area contributed by atoms with E-state index in [4.69, 9.17) is 61.6 Å². The highest BCUT2D eigenvalue weighted by molar-refractivity contribution is 7.80. The van der Waals surface area contributed by atoms with Crippen molar-refractivity contribution in [3.63, 3.8) is 0 Å². The summed E-state index contributed by atoms with van der Waals surface area (Å²) in [5.74, 6) is -0.877. The maximum absolute atomic E-state index is 13.4. The summed E-state index contributed by atoms with van der Waals surface area (Å²) in [6.45, 7) is 31.0. The number of rotatable bonds is 9. The largest absolute Gasteiger partial charge is 0.447 e. The lowest BCUT2D eigenvalue weighted by molar-refractivity contribution is -0.143. The first kappa shape index (κ1) is 50.9. The van der Waals surface area contributed by atoms with Crippen molar-refractivity contribution in [1.82, 2.24) is 19.6 Å². The van der Waals surface area contributed by atoms with E-state index >= 15 is 0 Å². The number of amides is 4. The van der Waals surface area contributed by atoms with Gasteiger partial charge in [-0.15, -0.1) is 0 Å². The monoisotopic (exact) mass is 960 g/mol. The van der Waals surface area contributed by atoms with E-state index in [0.717, 1.165) is 11.1 Å². The van der Waals surface area contributed by atoms with Crippen molar-refractivity contribution in [3.8, 4) is 0 Å². The van der Waals surface area contributed by atoms with Gasteiger partial charge in [0.25, 0.3) is 11.8 Å². The number of nitrogens with zero attached hydrogens (tertiary/aromatic N) is 8. The van der Waals surface area contributed by atoms with Gasteiger partial charge in [-0.1, -0.05) is 12.1 Å². The predicted octanol–water partition coefficient (Wildman–Crippen LogP) is 6.22. The van der Waals surface area contributed by atoms with Gasteiger partial charge in [0.2, 0.25) is 0 Å². The number of anilines is 2. The van der Waals surface area contributed by atoms with Gasteiger partial charge in [0, 0.05) is 49.6 Å². The van der Waals surface area contributed by atoms with Crippen LogP contribution in [0.4, 0.5) is 32.3 Å². The SMILES string of the molecule is [C-]#[N+]c1ccc(N2C(=O)C(C)(C)N(C3CCN(C(=O)OCC(O)CO)CC3)C2=S)cc1C.[C-]#[N+]c1ccc(N2C(=O)C(C)(C)N(C3CCN(C(=O)OCC4COC(C)(C)O4)CC3)C2=S)cc1C. The van der Waals surface area contributed by atoms with Gasteiger partial charge in [-0.3, -0.25) is 19.4 Å². The fourth-order valence-corrected chi connectivity index (χ4v) is 10.3. The molecule has 0 radical (unpaired) electrons. The second kappa shape index (κ2) is 20.4. The van der Waals surface area contributed by atoms with Crippen molar-refractivity contribution in [2.75, 3.05) is 62.4 Å². The molecule has 2 N–H and O–H groups in total. The van der Waals surface area contributed by atoms with E-state index in [1.54, 1.807) is 45.0 Å². The van der Waals surface area contributed by atoms with Crippen LogP contribution in [0.15, 0.2) is 36.4 Å². The van der Waals surface area contributed by atoms with Crippen LogP contribution in [0.2, 0.25) is 0 Å². The quantitative estimate of drug-likeness (QED) is 0.214. The molecule has 7 rings (SSSR count). The van der Waals surface area contributed by atoms with E-state index in [1.165, 1.54) is 4.90 Å². The van der Waals surface area contributed by atoms with Crippen LogP contribution < -0.4 is 9.80 Å². The van der Waals surface area contributed by atoms with Crippen molar-refractivity contribution >= 4 is 81.4 Å². The summed E-state index contributed by atoms with van der Waals surface area (Å²) in [5.41, 5.74) is 2.32. The molecule has 5 saturated heterocycles. The van der Waals surface area contributed by atoms with Crippen molar-refractivity contribution < 1.29 is 48.3 Å². The highest BCUT2D eigenvalue weighted by atomic mass is 32.1. The summed E-state index contributed by atoms with van der Waals surface area (Å²) in [4.78, 5) is 68.8. The number of benzene rings is 2. The third-order valence-electron chi connectivity index (χ3n) is 12.8. The van der Waals surface area contributed by atoms with Crippen LogP contribution in [-0.4, -0.2) is 158 Å². The van der Waals surface area contributed by atoms with Gasteiger partial charge in [-0.2, -0.15) is 0 Å². The van der Waals surface area contributed by atoms with E-state index in [1.807, 2.05) is 71.3 Å². The molecule has 4 amide bonds. The number of thiocarbonyl (C=S) groups is 2. The summed E-state index contributed by atoms with van der Waals surface area (Å²) in [6, 6.07) is 10.5. The average Bonchev–Trinajstić information content (AvgIpc) is 3.80. The molecule has 5 fully saturated rings. The lowest BCUT2D eigenvalue weighted by Crippen LogP contribution is -2.54. The van der Waals surface area contributed by atoms with Crippen LogP contribution in [-0.2, 0) is 28.5 Å². The van der Waals surface area contributed by atoms with Gasteiger partial charge >= 0.3 is 12.2 Å². The maximum atomic E-state index is 13.4. The predicted molar refractivity (Wildman–Crippen MR) is 257 cm³/mol. The van der Waals surface area contributed by atoms with Crippen molar-refractivity contribution in [2.45, 2.75) is 122 Å². The minimum Gasteiger partial charge on any atom is -0.447 e. The first-order valence-corrected chi connectivity index (χ1v) is 23.1. The molecule has 5 aliphatic heterocycles. The first-order chi connectivity index (χ1) is 31.6. The third-order valence-corrected chi connectivity index (χ3v) is 13.6. The highest BCUT2D eigenvalue weighted by Gasteiger charge is 2.54. The van der Waals surface area contributed by atoms with E-state index < -0.39 is 35.7 Å². The molecular formula is C47H60N8O10S2. The molecule has 360 valence electrons. The summed E-state index contributed by atoms with van der Waals surface area (Å²) < 4.78 is 21.7. The Balaban J connectivity index is 0.000000222. The lowest BCUT2D eigenvalue weighted by atomic mass is 9.96. The van der Waals surface area contributed by atoms with Gasteiger partial charge in [0.05, 0.1) is 26.4 Å². The Bertz CT molecular complexity index is 2350. The summed E-state index contributed by atoms with van der Waals surface area (Å²) in [6.07, 6.45) is 0.301. The molecule has 67 heavy (non-hydrogen) atoms. The maximum Gasteiger partial charge on any atom is 0.409 e. The summed E-state index contributed by atoms with van der Waals surface area (Å²) >= 11 is 11.5. The molecule has 0 aliphatic carbocycles. The molecule has 0 bridgehead atoms. The topological polar surface area (TPSA) is 174 Å². The molecule has 5 heterocycles. The Kier molecular flexibility index (Phi) is 15.5. The Labute approximate surface area is 402 Å². The minimum atomic E-state index is -1.09. The molecule has 2 unspecified atom stereocenters. The molecule has 0 spiro atoms. The second-order valence-corrected chi connectivity index (χ2v) is 19.5. The van der Waals surface area contributed by atoms with E-state index in [2.05, 4.69) is 9.69 Å². The molecule has 2 aromatic rings. The molecule has 0 saturated carbocycles. The van der Waals surface area contributed by atoms with Crippen LogP contribution in [0.25, 0.3) is 9.69 Å². The number of likely N-dealkylation sites (tertiary alicyclic amines) is 2. The van der Waals surface area contributed by atoms with Crippen LogP contribution in [0.3, 0.4) is 0 Å². The van der Waals surface area contributed by atoms with E-state index in [0.29, 0.717) is 91.4 Å². The van der Waals surface area contributed by atoms with E-state index in [9.17, 15) is 24.3 Å². The molecule has 5 aliphatic rings. The van der Waals surface area contributed by atoms with Crippen LogP contribution in [0.5, 0.6) is 0 Å². The fourth-order valence-electron chi connectivity index (χ4n) is 9.14. The van der Waals surface area contributed by atoms with Crippen molar-refractivity contribution in [1.29, 1.82) is 0 Å². The molecule has 20 heteroatoms. The molecule has 0 aromatic heterocycles. The zero-order valence-electron chi connectivity index (χ0n) is 39.3. The zero-order valence-corrected chi connectivity index (χ0v) is 40.9. The average molecular weight is 961 g/mol. The highest BCUT2D eigenvalue weighted by Crippen LogP contribution is 2.39. The van der Waals surface area contributed by atoms with Gasteiger partial charge in [-0.05, 0) is 141 Å². The molecule has 18 nitrogen and oxygen atoms in total.